The molecule has 0 radical (unpaired) electrons. The van der Waals surface area contributed by atoms with E-state index in [0.29, 0.717) is 23.3 Å². The van der Waals surface area contributed by atoms with Gasteiger partial charge in [-0.05, 0) is 42.7 Å². The van der Waals surface area contributed by atoms with Gasteiger partial charge >= 0.3 is 6.18 Å². The monoisotopic (exact) mass is 578 g/mol. The summed E-state index contributed by atoms with van der Waals surface area (Å²) >= 11 is 0. The van der Waals surface area contributed by atoms with Crippen molar-refractivity contribution < 1.29 is 37.3 Å². The van der Waals surface area contributed by atoms with Crippen LogP contribution < -0.4 is 19.1 Å². The molecular formula is C32H29F3N2O5. The molecule has 0 fully saturated rings. The lowest BCUT2D eigenvalue weighted by Gasteiger charge is -2.42. The molecule has 0 saturated carbocycles. The highest BCUT2D eigenvalue weighted by Crippen LogP contribution is 2.52. The summed E-state index contributed by atoms with van der Waals surface area (Å²) in [5.41, 5.74) is 0.00588. The van der Waals surface area contributed by atoms with Gasteiger partial charge in [0, 0.05) is 34.7 Å². The molecule has 7 nitrogen and oxygen atoms in total. The number of para-hydroxylation sites is 1. The predicted molar refractivity (Wildman–Crippen MR) is 152 cm³/mol. The van der Waals surface area contributed by atoms with Gasteiger partial charge < -0.3 is 19.3 Å². The fraction of sp³-hybridized carbons (Fsp3) is 0.250. The Morgan fingerprint density at radius 2 is 1.55 bits per heavy atom. The van der Waals surface area contributed by atoms with Gasteiger partial charge in [-0.15, -0.1) is 0 Å². The maximum atomic E-state index is 14.3. The maximum Gasteiger partial charge on any atom is 0.418 e. The number of alkyl halides is 3. The van der Waals surface area contributed by atoms with Crippen LogP contribution in [0.25, 0.3) is 5.76 Å². The van der Waals surface area contributed by atoms with E-state index < -0.39 is 17.7 Å². The maximum absolute atomic E-state index is 14.3. The first-order chi connectivity index (χ1) is 20.1. The van der Waals surface area contributed by atoms with Gasteiger partial charge in [0.15, 0.2) is 17.3 Å². The molecule has 0 spiro atoms. The molecule has 0 amide bonds. The molecule has 218 valence electrons. The van der Waals surface area contributed by atoms with Crippen LogP contribution in [-0.2, 0) is 11.0 Å². The Balaban J connectivity index is 1.89. The highest BCUT2D eigenvalue weighted by Gasteiger charge is 2.46. The van der Waals surface area contributed by atoms with Gasteiger partial charge in [0.05, 0.1) is 32.6 Å². The lowest BCUT2D eigenvalue weighted by molar-refractivity contribution is -0.137. The third kappa shape index (κ3) is 4.87. The van der Waals surface area contributed by atoms with Crippen LogP contribution in [-0.4, -0.2) is 38.1 Å². The first-order valence-electron chi connectivity index (χ1n) is 13.2. The average molecular weight is 579 g/mol. The van der Waals surface area contributed by atoms with Crippen molar-refractivity contribution in [3.63, 3.8) is 0 Å². The van der Waals surface area contributed by atoms with Gasteiger partial charge in [-0.2, -0.15) is 13.2 Å². The Bertz CT molecular complexity index is 1590. The lowest BCUT2D eigenvalue weighted by Crippen LogP contribution is -2.43. The molecule has 0 aromatic heterocycles. The minimum atomic E-state index is -4.73. The number of hydrogen-bond donors (Lipinski definition) is 2. The fourth-order valence-electron chi connectivity index (χ4n) is 5.72. The number of benzene rings is 3. The third-order valence-corrected chi connectivity index (χ3v) is 7.53. The molecule has 1 heterocycles. The second kappa shape index (κ2) is 11.3. The SMILES string of the molecule is COc1cc(C2C3=C(CCCC3=O)N(c3ccccc3C(F)(F)F)C(=N)/C2=C(/O)c2ccccc2)cc(OC)c1OC. The van der Waals surface area contributed by atoms with Crippen LogP contribution in [0.3, 0.4) is 0 Å². The van der Waals surface area contributed by atoms with Crippen molar-refractivity contribution in [1.82, 2.24) is 0 Å². The molecular weight excluding hydrogens is 549 g/mol. The molecule has 1 aliphatic carbocycles. The standard InChI is InChI=1S/C32H29F3N2O5/c1-40-24-16-19(17-25(41-2)30(24)42-3)26-27-22(14-9-15-23(27)38)37(21-13-8-7-12-20(21)32(33,34)35)31(36)28(26)29(39)18-10-5-4-6-11-18/h4-8,10-13,16-17,26,36,39H,9,14-15H2,1-3H3/b29-28+,36-31?. The van der Waals surface area contributed by atoms with E-state index in [2.05, 4.69) is 0 Å². The summed E-state index contributed by atoms with van der Waals surface area (Å²) in [5, 5.41) is 21.1. The van der Waals surface area contributed by atoms with Gasteiger partial charge in [-0.25, -0.2) is 0 Å². The zero-order chi connectivity index (χ0) is 30.2. The fourth-order valence-corrected chi connectivity index (χ4v) is 5.72. The molecule has 1 atom stereocenters. The first kappa shape index (κ1) is 28.8. The molecule has 10 heteroatoms. The molecule has 3 aromatic carbocycles. The molecule has 1 aliphatic heterocycles. The van der Waals surface area contributed by atoms with Gasteiger partial charge in [-0.3, -0.25) is 15.1 Å². The zero-order valence-electron chi connectivity index (χ0n) is 23.2. The highest BCUT2D eigenvalue weighted by atomic mass is 19.4. The minimum Gasteiger partial charge on any atom is -0.507 e. The second-order valence-electron chi connectivity index (χ2n) is 9.86. The number of anilines is 1. The summed E-state index contributed by atoms with van der Waals surface area (Å²) in [4.78, 5) is 14.9. The number of methoxy groups -OCH3 is 3. The van der Waals surface area contributed by atoms with Gasteiger partial charge in [0.1, 0.15) is 11.6 Å². The Hall–Kier alpha value is -4.73. The highest BCUT2D eigenvalue weighted by molar-refractivity contribution is 6.20. The number of hydrogen-bond acceptors (Lipinski definition) is 6. The Morgan fingerprint density at radius 3 is 2.14 bits per heavy atom. The van der Waals surface area contributed by atoms with Crippen molar-refractivity contribution in [2.24, 2.45) is 0 Å². The smallest absolute Gasteiger partial charge is 0.418 e. The van der Waals surface area contributed by atoms with Crippen molar-refractivity contribution in [3.8, 4) is 17.2 Å². The van der Waals surface area contributed by atoms with Crippen LogP contribution in [0.2, 0.25) is 0 Å². The summed E-state index contributed by atoms with van der Waals surface area (Å²) < 4.78 is 59.3. The van der Waals surface area contributed by atoms with E-state index in [4.69, 9.17) is 14.2 Å². The summed E-state index contributed by atoms with van der Waals surface area (Å²) in [7, 11) is 4.33. The van der Waals surface area contributed by atoms with Crippen LogP contribution >= 0.6 is 0 Å². The first-order valence-corrected chi connectivity index (χ1v) is 13.2. The number of carbonyl (C=O) groups excluding carboxylic acids is 1. The number of Topliss-reactive ketones (excluding diaryl/α,β-unsaturated/α-hetero) is 1. The van der Waals surface area contributed by atoms with E-state index in [-0.39, 0.29) is 64.2 Å². The van der Waals surface area contributed by atoms with Gasteiger partial charge in [0.25, 0.3) is 0 Å². The Kier molecular flexibility index (Phi) is 7.73. The van der Waals surface area contributed by atoms with Crippen LogP contribution in [0.15, 0.2) is 83.6 Å². The average Bonchev–Trinajstić information content (AvgIpc) is 2.99. The van der Waals surface area contributed by atoms with Crippen LogP contribution in [0, 0.1) is 5.41 Å². The number of aliphatic hydroxyl groups excluding tert-OH is 1. The molecule has 2 N–H and O–H groups in total. The molecule has 2 aliphatic rings. The van der Waals surface area contributed by atoms with Gasteiger partial charge in [0.2, 0.25) is 5.75 Å². The van der Waals surface area contributed by atoms with Crippen molar-refractivity contribution in [2.45, 2.75) is 31.4 Å². The lowest BCUT2D eigenvalue weighted by atomic mass is 9.73. The number of amidine groups is 1. The van der Waals surface area contributed by atoms with E-state index in [1.54, 1.807) is 42.5 Å². The quantitative estimate of drug-likeness (QED) is 0.299. The molecule has 0 saturated heterocycles. The minimum absolute atomic E-state index is 0.0264. The largest absolute Gasteiger partial charge is 0.507 e. The number of nitrogens with zero attached hydrogens (tertiary/aromatic N) is 1. The number of carbonyl (C=O) groups is 1. The summed E-state index contributed by atoms with van der Waals surface area (Å²) in [5.74, 6) is -1.13. The van der Waals surface area contributed by atoms with E-state index in [1.165, 1.54) is 39.5 Å². The van der Waals surface area contributed by atoms with E-state index in [9.17, 15) is 28.5 Å². The molecule has 3 aromatic rings. The van der Waals surface area contributed by atoms with E-state index in [1.807, 2.05) is 0 Å². The topological polar surface area (TPSA) is 92.1 Å². The third-order valence-electron chi connectivity index (χ3n) is 7.53. The summed E-state index contributed by atoms with van der Waals surface area (Å²) in [6, 6.07) is 16.6. The van der Waals surface area contributed by atoms with E-state index >= 15 is 0 Å². The number of ketones is 1. The van der Waals surface area contributed by atoms with Crippen molar-refractivity contribution in [1.29, 1.82) is 5.41 Å². The Morgan fingerprint density at radius 1 is 0.929 bits per heavy atom. The molecule has 1 unspecified atom stereocenters. The molecule has 5 rings (SSSR count). The number of ether oxygens (including phenoxy) is 3. The molecule has 0 bridgehead atoms. The number of rotatable bonds is 6. The normalized spacial score (nSPS) is 18.5. The van der Waals surface area contributed by atoms with Crippen molar-refractivity contribution in [2.75, 3.05) is 26.2 Å². The number of aliphatic hydroxyl groups is 1. The number of nitrogens with one attached hydrogen (secondary N) is 1. The number of allylic oxidation sites excluding steroid dienone is 2. The number of halogens is 3. The van der Waals surface area contributed by atoms with Crippen LogP contribution in [0.4, 0.5) is 18.9 Å². The summed E-state index contributed by atoms with van der Waals surface area (Å²) in [6.07, 6.45) is -3.90. The van der Waals surface area contributed by atoms with Crippen LogP contribution in [0.1, 0.15) is 41.9 Å². The second-order valence-corrected chi connectivity index (χ2v) is 9.86. The van der Waals surface area contributed by atoms with E-state index in [0.717, 1.165) is 11.0 Å². The Labute approximate surface area is 241 Å². The van der Waals surface area contributed by atoms with Crippen LogP contribution in [0.5, 0.6) is 17.2 Å². The van der Waals surface area contributed by atoms with Crippen molar-refractivity contribution in [3.05, 3.63) is 100 Å². The van der Waals surface area contributed by atoms with Gasteiger partial charge in [-0.1, -0.05) is 42.5 Å². The van der Waals surface area contributed by atoms with Crippen molar-refractivity contribution >= 4 is 23.1 Å². The predicted octanol–water partition coefficient (Wildman–Crippen LogP) is 7.29. The molecule has 42 heavy (non-hydrogen) atoms. The zero-order valence-corrected chi connectivity index (χ0v) is 23.2. The summed E-state index contributed by atoms with van der Waals surface area (Å²) in [6.45, 7) is 0.